The van der Waals surface area contributed by atoms with Crippen molar-refractivity contribution in [1.29, 1.82) is 0 Å². The van der Waals surface area contributed by atoms with Crippen molar-refractivity contribution in [3.8, 4) is 11.5 Å². The van der Waals surface area contributed by atoms with Crippen LogP contribution in [0.3, 0.4) is 0 Å². The van der Waals surface area contributed by atoms with Gasteiger partial charge in [-0.2, -0.15) is 0 Å². The number of fused-ring (bicyclic) bond motifs is 2. The van der Waals surface area contributed by atoms with E-state index in [2.05, 4.69) is 36.6 Å². The molecule has 1 atom stereocenters. The van der Waals surface area contributed by atoms with Crippen molar-refractivity contribution in [3.05, 3.63) is 63.0 Å². The Morgan fingerprint density at radius 1 is 1.13 bits per heavy atom. The first-order valence-corrected chi connectivity index (χ1v) is 12.1. The van der Waals surface area contributed by atoms with Crippen molar-refractivity contribution < 1.29 is 22.7 Å². The quantitative estimate of drug-likeness (QED) is 0.503. The van der Waals surface area contributed by atoms with Gasteiger partial charge in [0.15, 0.2) is 0 Å². The summed E-state index contributed by atoms with van der Waals surface area (Å²) in [6, 6.07) is 13.9. The molecule has 0 saturated carbocycles. The SMILES string of the molecule is COc1c(Br)cc(Br)c2c1[C@@H](C(=O)NS(=O)(=O)c1cccc3ccccc13)CCO2. The van der Waals surface area contributed by atoms with Gasteiger partial charge in [0.05, 0.1) is 39.0 Å². The van der Waals surface area contributed by atoms with Crippen LogP contribution in [0, 0.1) is 0 Å². The van der Waals surface area contributed by atoms with Crippen LogP contribution in [0.4, 0.5) is 0 Å². The molecule has 3 aromatic carbocycles. The molecule has 156 valence electrons. The summed E-state index contributed by atoms with van der Waals surface area (Å²) in [7, 11) is -2.59. The average molecular weight is 555 g/mol. The van der Waals surface area contributed by atoms with Crippen molar-refractivity contribution >= 4 is 58.6 Å². The molecule has 0 saturated heterocycles. The van der Waals surface area contributed by atoms with Gasteiger partial charge < -0.3 is 9.47 Å². The molecule has 1 heterocycles. The number of ether oxygens (including phenoxy) is 2. The van der Waals surface area contributed by atoms with Gasteiger partial charge in [-0.3, -0.25) is 4.79 Å². The van der Waals surface area contributed by atoms with Gasteiger partial charge in [0.1, 0.15) is 11.5 Å². The minimum Gasteiger partial charge on any atom is -0.495 e. The second-order valence-electron chi connectivity index (χ2n) is 6.75. The van der Waals surface area contributed by atoms with Gasteiger partial charge in [-0.1, -0.05) is 36.4 Å². The minimum atomic E-state index is -4.08. The number of rotatable bonds is 4. The summed E-state index contributed by atoms with van der Waals surface area (Å²) >= 11 is 6.87. The summed E-state index contributed by atoms with van der Waals surface area (Å²) in [5.74, 6) is -0.461. The van der Waals surface area contributed by atoms with Gasteiger partial charge in [0, 0.05) is 5.39 Å². The molecule has 1 amide bonds. The molecule has 0 spiro atoms. The van der Waals surface area contributed by atoms with Gasteiger partial charge in [0.25, 0.3) is 10.0 Å². The highest BCUT2D eigenvalue weighted by Gasteiger charge is 2.35. The topological polar surface area (TPSA) is 81.7 Å². The number of benzene rings is 3. The Balaban J connectivity index is 1.74. The van der Waals surface area contributed by atoms with Gasteiger partial charge in [-0.15, -0.1) is 0 Å². The molecule has 1 aliphatic rings. The standard InChI is InChI=1S/C21H17Br2NO5S/c1-28-19-15(22)11-16(23)20-18(19)14(9-10-29-20)21(25)24-30(26,27)17-8-4-6-12-5-2-3-7-13(12)17/h2-8,11,14H,9-10H2,1H3,(H,24,25)/t14-/m0/s1. The van der Waals surface area contributed by atoms with E-state index in [1.165, 1.54) is 13.2 Å². The second-order valence-corrected chi connectivity index (χ2v) is 10.1. The molecule has 0 fully saturated rings. The van der Waals surface area contributed by atoms with Crippen molar-refractivity contribution in [2.45, 2.75) is 17.2 Å². The summed E-state index contributed by atoms with van der Waals surface area (Å²) < 4.78 is 40.9. The lowest BCUT2D eigenvalue weighted by atomic mass is 9.91. The van der Waals surface area contributed by atoms with Gasteiger partial charge in [0.2, 0.25) is 5.91 Å². The van der Waals surface area contributed by atoms with E-state index in [1.54, 1.807) is 24.3 Å². The molecule has 1 aliphatic heterocycles. The third-order valence-electron chi connectivity index (χ3n) is 4.97. The van der Waals surface area contributed by atoms with E-state index in [1.807, 2.05) is 18.2 Å². The minimum absolute atomic E-state index is 0.0589. The molecule has 6 nitrogen and oxygen atoms in total. The van der Waals surface area contributed by atoms with Crippen molar-refractivity contribution in [1.82, 2.24) is 4.72 Å². The molecule has 1 N–H and O–H groups in total. The number of halogens is 2. The monoisotopic (exact) mass is 553 g/mol. The van der Waals surface area contributed by atoms with Crippen molar-refractivity contribution in [3.63, 3.8) is 0 Å². The highest BCUT2D eigenvalue weighted by Crippen LogP contribution is 2.48. The lowest BCUT2D eigenvalue weighted by molar-refractivity contribution is -0.121. The number of sulfonamides is 1. The largest absolute Gasteiger partial charge is 0.495 e. The van der Waals surface area contributed by atoms with Crippen LogP contribution in [0.15, 0.2) is 62.4 Å². The van der Waals surface area contributed by atoms with Crippen LogP contribution in [0.2, 0.25) is 0 Å². The number of hydrogen-bond acceptors (Lipinski definition) is 5. The molecule has 0 unspecified atom stereocenters. The Labute approximate surface area is 190 Å². The van der Waals surface area contributed by atoms with E-state index in [9.17, 15) is 13.2 Å². The van der Waals surface area contributed by atoms with Gasteiger partial charge in [-0.05, 0) is 55.8 Å². The molecule has 0 aliphatic carbocycles. The molecule has 0 bridgehead atoms. The summed E-state index contributed by atoms with van der Waals surface area (Å²) in [6.45, 7) is 0.281. The Morgan fingerprint density at radius 2 is 1.87 bits per heavy atom. The molecule has 0 radical (unpaired) electrons. The molecule has 0 aromatic heterocycles. The Morgan fingerprint density at radius 3 is 2.63 bits per heavy atom. The fraction of sp³-hybridized carbons (Fsp3) is 0.190. The van der Waals surface area contributed by atoms with Crippen LogP contribution >= 0.6 is 31.9 Å². The van der Waals surface area contributed by atoms with E-state index in [4.69, 9.17) is 9.47 Å². The highest BCUT2D eigenvalue weighted by molar-refractivity contribution is 9.11. The van der Waals surface area contributed by atoms with Crippen LogP contribution in [-0.4, -0.2) is 28.0 Å². The van der Waals surface area contributed by atoms with E-state index < -0.39 is 21.8 Å². The molecule has 30 heavy (non-hydrogen) atoms. The molecule has 4 rings (SSSR count). The first-order valence-electron chi connectivity index (χ1n) is 9.06. The smallest absolute Gasteiger partial charge is 0.264 e. The van der Waals surface area contributed by atoms with E-state index in [-0.39, 0.29) is 11.5 Å². The van der Waals surface area contributed by atoms with E-state index in [0.29, 0.717) is 37.8 Å². The zero-order valence-corrected chi connectivity index (χ0v) is 19.8. The number of carbonyl (C=O) groups is 1. The first kappa shape index (κ1) is 21.1. The van der Waals surface area contributed by atoms with Crippen LogP contribution in [0.5, 0.6) is 11.5 Å². The van der Waals surface area contributed by atoms with Crippen LogP contribution < -0.4 is 14.2 Å². The Bertz CT molecular complexity index is 1230. The summed E-state index contributed by atoms with van der Waals surface area (Å²) in [5, 5.41) is 1.33. The number of hydrogen-bond donors (Lipinski definition) is 1. The summed E-state index contributed by atoms with van der Waals surface area (Å²) in [6.07, 6.45) is 0.323. The average Bonchev–Trinajstić information content (AvgIpc) is 2.73. The van der Waals surface area contributed by atoms with Crippen LogP contribution in [0.25, 0.3) is 10.8 Å². The van der Waals surface area contributed by atoms with Crippen molar-refractivity contribution in [2.24, 2.45) is 0 Å². The van der Waals surface area contributed by atoms with Gasteiger partial charge >= 0.3 is 0 Å². The second kappa shape index (κ2) is 8.20. The molecular weight excluding hydrogens is 538 g/mol. The number of nitrogens with one attached hydrogen (secondary N) is 1. The Kier molecular flexibility index (Phi) is 5.78. The maximum atomic E-state index is 13.1. The zero-order chi connectivity index (χ0) is 21.5. The highest BCUT2D eigenvalue weighted by atomic mass is 79.9. The maximum absolute atomic E-state index is 13.1. The predicted octanol–water partition coefficient (Wildman–Crippen LogP) is 4.74. The lowest BCUT2D eigenvalue weighted by Gasteiger charge is -2.28. The van der Waals surface area contributed by atoms with Crippen molar-refractivity contribution in [2.75, 3.05) is 13.7 Å². The first-order chi connectivity index (χ1) is 14.3. The fourth-order valence-corrected chi connectivity index (χ4v) is 6.37. The summed E-state index contributed by atoms with van der Waals surface area (Å²) in [4.78, 5) is 13.2. The zero-order valence-electron chi connectivity index (χ0n) is 15.8. The van der Waals surface area contributed by atoms with Crippen LogP contribution in [0.1, 0.15) is 17.9 Å². The maximum Gasteiger partial charge on any atom is 0.264 e. The molecular formula is C21H17Br2NO5S. The van der Waals surface area contributed by atoms with E-state index >= 15 is 0 Å². The predicted molar refractivity (Wildman–Crippen MR) is 121 cm³/mol. The Hall–Kier alpha value is -2.10. The number of amides is 1. The number of methoxy groups -OCH3 is 1. The third kappa shape index (κ3) is 3.70. The molecule has 9 heteroatoms. The summed E-state index contributed by atoms with van der Waals surface area (Å²) in [5.41, 5.74) is 0.510. The number of carbonyl (C=O) groups excluding carboxylic acids is 1. The molecule has 3 aromatic rings. The van der Waals surface area contributed by atoms with Gasteiger partial charge in [-0.25, -0.2) is 13.1 Å². The lowest BCUT2D eigenvalue weighted by Crippen LogP contribution is -2.37. The van der Waals surface area contributed by atoms with Crippen LogP contribution in [-0.2, 0) is 14.8 Å². The normalized spacial score (nSPS) is 15.9. The third-order valence-corrected chi connectivity index (χ3v) is 7.56. The van der Waals surface area contributed by atoms with E-state index in [0.717, 1.165) is 5.39 Å². The fourth-order valence-electron chi connectivity index (χ4n) is 3.65.